The van der Waals surface area contributed by atoms with Gasteiger partial charge in [0, 0.05) is 21.8 Å². The Kier molecular flexibility index (Phi) is 3.45. The van der Waals surface area contributed by atoms with Gasteiger partial charge in [-0.05, 0) is 18.2 Å². The van der Waals surface area contributed by atoms with E-state index in [0.717, 1.165) is 21.2 Å². The third-order valence-electron chi connectivity index (χ3n) is 3.34. The molecule has 0 radical (unpaired) electrons. The van der Waals surface area contributed by atoms with Crippen LogP contribution in [0.4, 0.5) is 0 Å². The maximum Gasteiger partial charge on any atom is 0.198 e. The first kappa shape index (κ1) is 13.1. The van der Waals surface area contributed by atoms with Gasteiger partial charge in [-0.3, -0.25) is 4.79 Å². The number of halogens is 1. The van der Waals surface area contributed by atoms with Crippen molar-refractivity contribution in [3.63, 3.8) is 0 Å². The Hall–Kier alpha value is -1.87. The Morgan fingerprint density at radius 2 is 1.80 bits per heavy atom. The lowest BCUT2D eigenvalue weighted by molar-refractivity contribution is 0.103. The second-order valence-electron chi connectivity index (χ2n) is 4.56. The van der Waals surface area contributed by atoms with Crippen molar-refractivity contribution in [3.05, 3.63) is 69.9 Å². The van der Waals surface area contributed by atoms with E-state index in [2.05, 4.69) is 15.9 Å². The summed E-state index contributed by atoms with van der Waals surface area (Å²) in [5.74, 6) is 0.742. The summed E-state index contributed by atoms with van der Waals surface area (Å²) in [7, 11) is 0. The van der Waals surface area contributed by atoms with Gasteiger partial charge in [-0.15, -0.1) is 0 Å². The molecule has 20 heavy (non-hydrogen) atoms. The topological polar surface area (TPSA) is 30.2 Å². The van der Waals surface area contributed by atoms with Crippen molar-refractivity contribution in [2.75, 3.05) is 0 Å². The minimum atomic E-state index is -0.000671. The van der Waals surface area contributed by atoms with Crippen molar-refractivity contribution in [2.45, 2.75) is 13.3 Å². The molecule has 0 amide bonds. The van der Waals surface area contributed by atoms with Crippen molar-refractivity contribution in [2.24, 2.45) is 0 Å². The zero-order valence-electron chi connectivity index (χ0n) is 11.0. The molecule has 2 aromatic carbocycles. The molecular formula is C17H13BrO2. The molecule has 0 aliphatic carbocycles. The van der Waals surface area contributed by atoms with Crippen LogP contribution in [0.15, 0.2) is 57.4 Å². The summed E-state index contributed by atoms with van der Waals surface area (Å²) in [6.45, 7) is 1.99. The van der Waals surface area contributed by atoms with Crippen LogP contribution in [0.25, 0.3) is 11.0 Å². The highest BCUT2D eigenvalue weighted by molar-refractivity contribution is 9.10. The Balaban J connectivity index is 2.24. The zero-order valence-corrected chi connectivity index (χ0v) is 12.6. The van der Waals surface area contributed by atoms with Gasteiger partial charge in [0.15, 0.2) is 5.78 Å². The molecule has 0 N–H and O–H groups in total. The molecule has 1 heterocycles. The number of furan rings is 1. The summed E-state index contributed by atoms with van der Waals surface area (Å²) < 4.78 is 6.60. The van der Waals surface area contributed by atoms with Gasteiger partial charge in [-0.25, -0.2) is 0 Å². The maximum atomic E-state index is 12.8. The molecule has 1 aromatic heterocycles. The number of carbonyl (C=O) groups is 1. The van der Waals surface area contributed by atoms with Crippen molar-refractivity contribution in [1.82, 2.24) is 0 Å². The third-order valence-corrected chi connectivity index (χ3v) is 4.03. The van der Waals surface area contributed by atoms with Gasteiger partial charge in [-0.1, -0.05) is 53.2 Å². The molecule has 0 atom stereocenters. The number of hydrogen-bond donors (Lipinski definition) is 0. The smallest absolute Gasteiger partial charge is 0.198 e. The first-order valence-electron chi connectivity index (χ1n) is 6.52. The highest BCUT2D eigenvalue weighted by atomic mass is 79.9. The highest BCUT2D eigenvalue weighted by Crippen LogP contribution is 2.30. The molecule has 2 nitrogen and oxygen atoms in total. The lowest BCUT2D eigenvalue weighted by Gasteiger charge is -2.03. The lowest BCUT2D eigenvalue weighted by atomic mass is 9.99. The molecule has 3 aromatic rings. The fourth-order valence-electron chi connectivity index (χ4n) is 2.37. The van der Waals surface area contributed by atoms with Crippen LogP contribution in [0, 0.1) is 0 Å². The second kappa shape index (κ2) is 5.25. The quantitative estimate of drug-likeness (QED) is 0.634. The molecule has 3 heteroatoms. The van der Waals surface area contributed by atoms with Gasteiger partial charge in [0.1, 0.15) is 11.3 Å². The van der Waals surface area contributed by atoms with Gasteiger partial charge in [0.2, 0.25) is 0 Å². The van der Waals surface area contributed by atoms with E-state index in [1.807, 2.05) is 55.5 Å². The minimum absolute atomic E-state index is 0.000671. The van der Waals surface area contributed by atoms with E-state index in [0.29, 0.717) is 17.5 Å². The Bertz CT molecular complexity index is 787. The number of fused-ring (bicyclic) bond motifs is 1. The van der Waals surface area contributed by atoms with Crippen LogP contribution >= 0.6 is 15.9 Å². The summed E-state index contributed by atoms with van der Waals surface area (Å²) in [5, 5.41) is 0.880. The molecule has 0 aliphatic rings. The minimum Gasteiger partial charge on any atom is -0.460 e. The van der Waals surface area contributed by atoms with E-state index in [-0.39, 0.29) is 5.78 Å². The number of rotatable bonds is 3. The van der Waals surface area contributed by atoms with Crippen LogP contribution in [0.3, 0.4) is 0 Å². The molecule has 3 rings (SSSR count). The van der Waals surface area contributed by atoms with Crippen LogP contribution in [0.5, 0.6) is 0 Å². The van der Waals surface area contributed by atoms with Gasteiger partial charge >= 0.3 is 0 Å². The fourth-order valence-corrected chi connectivity index (χ4v) is 2.84. The van der Waals surface area contributed by atoms with Crippen LogP contribution in [-0.2, 0) is 6.42 Å². The van der Waals surface area contributed by atoms with E-state index in [9.17, 15) is 4.79 Å². The van der Waals surface area contributed by atoms with E-state index in [1.165, 1.54) is 0 Å². The molecule has 0 saturated carbocycles. The van der Waals surface area contributed by atoms with Crippen LogP contribution in [0.1, 0.15) is 28.6 Å². The van der Waals surface area contributed by atoms with Crippen molar-refractivity contribution >= 4 is 32.7 Å². The average Bonchev–Trinajstić information content (AvgIpc) is 2.85. The normalized spacial score (nSPS) is 10.9. The summed E-state index contributed by atoms with van der Waals surface area (Å²) in [5.41, 5.74) is 2.10. The lowest BCUT2D eigenvalue weighted by Crippen LogP contribution is -2.04. The molecule has 0 saturated heterocycles. The number of ketones is 1. The predicted molar refractivity (Wildman–Crippen MR) is 83.2 cm³/mol. The second-order valence-corrected chi connectivity index (χ2v) is 5.41. The van der Waals surface area contributed by atoms with Crippen LogP contribution in [-0.4, -0.2) is 5.78 Å². The third kappa shape index (κ3) is 2.08. The molecule has 0 bridgehead atoms. The first-order chi connectivity index (χ1) is 9.72. The van der Waals surface area contributed by atoms with E-state index in [4.69, 9.17) is 4.42 Å². The van der Waals surface area contributed by atoms with Gasteiger partial charge in [-0.2, -0.15) is 0 Å². The van der Waals surface area contributed by atoms with Crippen LogP contribution in [0.2, 0.25) is 0 Å². The number of benzene rings is 2. The Labute approximate surface area is 125 Å². The van der Waals surface area contributed by atoms with Crippen molar-refractivity contribution in [1.29, 1.82) is 0 Å². The van der Waals surface area contributed by atoms with Crippen molar-refractivity contribution < 1.29 is 9.21 Å². The van der Waals surface area contributed by atoms with E-state index < -0.39 is 0 Å². The van der Waals surface area contributed by atoms with Gasteiger partial charge < -0.3 is 4.42 Å². The monoisotopic (exact) mass is 328 g/mol. The molecule has 0 unspecified atom stereocenters. The van der Waals surface area contributed by atoms with Gasteiger partial charge in [0.25, 0.3) is 0 Å². The SMILES string of the molecule is CCc1oc2ccccc2c1C(=O)c1ccccc1Br. The summed E-state index contributed by atoms with van der Waals surface area (Å²) in [4.78, 5) is 12.8. The predicted octanol–water partition coefficient (Wildman–Crippen LogP) is 4.99. The van der Waals surface area contributed by atoms with Gasteiger partial charge in [0.05, 0.1) is 5.56 Å². The molecular weight excluding hydrogens is 316 g/mol. The average molecular weight is 329 g/mol. The maximum absolute atomic E-state index is 12.8. The largest absolute Gasteiger partial charge is 0.460 e. The number of carbonyl (C=O) groups excluding carboxylic acids is 1. The van der Waals surface area contributed by atoms with Crippen molar-refractivity contribution in [3.8, 4) is 0 Å². The molecule has 0 aliphatic heterocycles. The zero-order chi connectivity index (χ0) is 14.1. The summed E-state index contributed by atoms with van der Waals surface area (Å²) in [6.07, 6.45) is 0.695. The highest BCUT2D eigenvalue weighted by Gasteiger charge is 2.21. The fraction of sp³-hybridized carbons (Fsp3) is 0.118. The first-order valence-corrected chi connectivity index (χ1v) is 7.31. The molecule has 100 valence electrons. The summed E-state index contributed by atoms with van der Waals surface area (Å²) in [6, 6.07) is 15.1. The van der Waals surface area contributed by atoms with E-state index >= 15 is 0 Å². The number of aryl methyl sites for hydroxylation is 1. The number of para-hydroxylation sites is 1. The molecule has 0 fully saturated rings. The number of hydrogen-bond acceptors (Lipinski definition) is 2. The molecule has 0 spiro atoms. The Morgan fingerprint density at radius 1 is 1.10 bits per heavy atom. The standard InChI is InChI=1S/C17H13BrO2/c1-2-14-16(12-8-4-6-10-15(12)20-14)17(19)11-7-3-5-9-13(11)18/h3-10H,2H2,1H3. The Morgan fingerprint density at radius 3 is 2.55 bits per heavy atom. The van der Waals surface area contributed by atoms with Crippen LogP contribution < -0.4 is 0 Å². The van der Waals surface area contributed by atoms with E-state index in [1.54, 1.807) is 0 Å². The summed E-state index contributed by atoms with van der Waals surface area (Å²) >= 11 is 3.44.